The summed E-state index contributed by atoms with van der Waals surface area (Å²) in [4.78, 5) is 33.8. The van der Waals surface area contributed by atoms with E-state index in [0.717, 1.165) is 70.6 Å². The molecule has 0 aliphatic rings. The number of phosphoric ester groups is 1. The minimum Gasteiger partial charge on any atom is -0.463 e. The number of hydrogen-bond acceptors (Lipinski definition) is 7. The Morgan fingerprint density at radius 1 is 0.615 bits per heavy atom. The first-order chi connectivity index (χ1) is 25.3. The summed E-state index contributed by atoms with van der Waals surface area (Å²) in [6.45, 7) is 3.36. The summed E-state index contributed by atoms with van der Waals surface area (Å²) in [6, 6.07) is 0. The van der Waals surface area contributed by atoms with Crippen LogP contribution in [-0.4, -0.2) is 54.3 Å². The quantitative estimate of drug-likeness (QED) is 0.0247. The maximum atomic E-state index is 12.1. The number of aliphatic hydroxyl groups excluding tert-OH is 1. The highest BCUT2D eigenvalue weighted by molar-refractivity contribution is 7.47. The molecular formula is C42H74NO8P. The van der Waals surface area contributed by atoms with Crippen molar-refractivity contribution in [3.8, 4) is 0 Å². The first kappa shape index (κ1) is 49.7. The van der Waals surface area contributed by atoms with Gasteiger partial charge in [-0.1, -0.05) is 132 Å². The monoisotopic (exact) mass is 752 g/mol. The standard InChI is InChI=1S/C42H74NO8P/c1-3-5-7-9-11-13-15-17-19-21-22-24-26-28-30-32-34-41(45)43-36-37-50-52(47,48)51-39-40(44)38-49-42(46)35-33-31-29-27-25-23-20-18-16-14-12-10-8-6-4-2/h6,8,12,14,18-21,25,27,40,44H,3-5,7,9-11,13,15-17,22-24,26,28-39H2,1-2H3,(H,43,45)(H,47,48)/b8-6-,14-12-,20-18-,21-19-,27-25-. The lowest BCUT2D eigenvalue weighted by Crippen LogP contribution is -2.27. The highest BCUT2D eigenvalue weighted by Gasteiger charge is 2.23. The second-order valence-corrected chi connectivity index (χ2v) is 14.7. The zero-order valence-corrected chi connectivity index (χ0v) is 33.6. The molecular weight excluding hydrogens is 677 g/mol. The van der Waals surface area contributed by atoms with Gasteiger partial charge in [0.05, 0.1) is 13.2 Å². The van der Waals surface area contributed by atoms with Crippen molar-refractivity contribution in [3.63, 3.8) is 0 Å². The number of esters is 1. The SMILES string of the molecule is CC/C=C\C/C=C\C/C=C\C/C=C\CCCCC(=O)OCC(O)COP(=O)(O)OCCNC(=O)CCCCCCC/C=C\CCCCCCCCC. The molecule has 0 spiro atoms. The molecule has 0 saturated heterocycles. The number of nitrogens with one attached hydrogen (secondary N) is 1. The first-order valence-electron chi connectivity index (χ1n) is 20.3. The summed E-state index contributed by atoms with van der Waals surface area (Å²) < 4.78 is 26.8. The van der Waals surface area contributed by atoms with Crippen LogP contribution in [0.15, 0.2) is 60.8 Å². The summed E-state index contributed by atoms with van der Waals surface area (Å²) in [5.74, 6) is -0.571. The molecule has 0 fully saturated rings. The minimum absolute atomic E-state index is 0.0698. The van der Waals surface area contributed by atoms with Gasteiger partial charge in [0.2, 0.25) is 5.91 Å². The second-order valence-electron chi connectivity index (χ2n) is 13.2. The van der Waals surface area contributed by atoms with E-state index < -0.39 is 26.5 Å². The molecule has 0 saturated carbocycles. The number of rotatable bonds is 37. The van der Waals surface area contributed by atoms with Crippen molar-refractivity contribution < 1.29 is 37.9 Å². The third-order valence-electron chi connectivity index (χ3n) is 8.18. The topological polar surface area (TPSA) is 131 Å². The number of carbonyl (C=O) groups excluding carboxylic acids is 2. The average molecular weight is 752 g/mol. The Bertz CT molecular complexity index is 1040. The molecule has 3 N–H and O–H groups in total. The molecule has 0 aromatic carbocycles. The molecule has 0 radical (unpaired) electrons. The predicted octanol–water partition coefficient (Wildman–Crippen LogP) is 10.9. The third-order valence-corrected chi connectivity index (χ3v) is 9.17. The van der Waals surface area contributed by atoms with E-state index >= 15 is 0 Å². The van der Waals surface area contributed by atoms with Crippen molar-refractivity contribution in [2.75, 3.05) is 26.4 Å². The van der Waals surface area contributed by atoms with Crippen LogP contribution in [-0.2, 0) is 27.9 Å². The maximum absolute atomic E-state index is 12.1. The molecule has 10 heteroatoms. The van der Waals surface area contributed by atoms with Gasteiger partial charge < -0.3 is 20.1 Å². The second kappa shape index (κ2) is 38.4. The van der Waals surface area contributed by atoms with Crippen LogP contribution in [0.3, 0.4) is 0 Å². The van der Waals surface area contributed by atoms with Crippen LogP contribution in [0.5, 0.6) is 0 Å². The van der Waals surface area contributed by atoms with Crippen molar-refractivity contribution in [2.45, 2.75) is 168 Å². The zero-order valence-electron chi connectivity index (χ0n) is 32.7. The molecule has 1 amide bonds. The zero-order chi connectivity index (χ0) is 38.2. The van der Waals surface area contributed by atoms with Gasteiger partial charge >= 0.3 is 13.8 Å². The lowest BCUT2D eigenvalue weighted by molar-refractivity contribution is -0.147. The predicted molar refractivity (Wildman–Crippen MR) is 215 cm³/mol. The summed E-state index contributed by atoms with van der Waals surface area (Å²) >= 11 is 0. The molecule has 52 heavy (non-hydrogen) atoms. The Labute approximate surface area is 317 Å². The molecule has 9 nitrogen and oxygen atoms in total. The Morgan fingerprint density at radius 3 is 1.69 bits per heavy atom. The summed E-state index contributed by atoms with van der Waals surface area (Å²) in [5.41, 5.74) is 0. The van der Waals surface area contributed by atoms with Gasteiger partial charge in [0, 0.05) is 19.4 Å². The number of unbranched alkanes of at least 4 members (excludes halogenated alkanes) is 14. The van der Waals surface area contributed by atoms with E-state index in [2.05, 4.69) is 79.9 Å². The van der Waals surface area contributed by atoms with Crippen LogP contribution in [0.4, 0.5) is 0 Å². The normalized spacial score (nSPS) is 14.0. The highest BCUT2D eigenvalue weighted by Crippen LogP contribution is 2.42. The molecule has 0 aromatic heterocycles. The minimum atomic E-state index is -4.43. The maximum Gasteiger partial charge on any atom is 0.472 e. The first-order valence-corrected chi connectivity index (χ1v) is 21.8. The van der Waals surface area contributed by atoms with Crippen LogP contribution >= 0.6 is 7.82 Å². The molecule has 0 heterocycles. The van der Waals surface area contributed by atoms with Crippen LogP contribution < -0.4 is 5.32 Å². The average Bonchev–Trinajstić information content (AvgIpc) is 3.13. The lowest BCUT2D eigenvalue weighted by atomic mass is 10.1. The number of carbonyl (C=O) groups is 2. The fourth-order valence-electron chi connectivity index (χ4n) is 5.13. The Balaban J connectivity index is 3.69. The Morgan fingerprint density at radius 2 is 1.10 bits per heavy atom. The number of amides is 1. The van der Waals surface area contributed by atoms with Gasteiger partial charge in [-0.2, -0.15) is 0 Å². The molecule has 0 aliphatic heterocycles. The Hall–Kier alpha value is -2.29. The van der Waals surface area contributed by atoms with Crippen LogP contribution in [0.25, 0.3) is 0 Å². The van der Waals surface area contributed by atoms with Crippen LogP contribution in [0.2, 0.25) is 0 Å². The highest BCUT2D eigenvalue weighted by atomic mass is 31.2. The van der Waals surface area contributed by atoms with E-state index in [9.17, 15) is 24.2 Å². The largest absolute Gasteiger partial charge is 0.472 e. The van der Waals surface area contributed by atoms with E-state index in [0.29, 0.717) is 12.8 Å². The van der Waals surface area contributed by atoms with Crippen molar-refractivity contribution in [2.24, 2.45) is 0 Å². The lowest BCUT2D eigenvalue weighted by Gasteiger charge is -2.15. The van der Waals surface area contributed by atoms with Gasteiger partial charge in [-0.3, -0.25) is 18.6 Å². The van der Waals surface area contributed by atoms with Gasteiger partial charge in [0.15, 0.2) is 0 Å². The van der Waals surface area contributed by atoms with Crippen molar-refractivity contribution in [1.82, 2.24) is 5.32 Å². The summed E-state index contributed by atoms with van der Waals surface area (Å²) in [5, 5.41) is 12.7. The van der Waals surface area contributed by atoms with E-state index in [1.807, 2.05) is 0 Å². The summed E-state index contributed by atoms with van der Waals surface area (Å²) in [6.07, 6.45) is 44.4. The number of hydrogen-bond donors (Lipinski definition) is 3. The van der Waals surface area contributed by atoms with Crippen molar-refractivity contribution in [1.29, 1.82) is 0 Å². The van der Waals surface area contributed by atoms with E-state index in [-0.39, 0.29) is 32.1 Å². The van der Waals surface area contributed by atoms with Crippen molar-refractivity contribution >= 4 is 19.7 Å². The molecule has 2 atom stereocenters. The van der Waals surface area contributed by atoms with E-state index in [1.165, 1.54) is 57.8 Å². The fourth-order valence-corrected chi connectivity index (χ4v) is 5.89. The number of allylic oxidation sites excluding steroid dienone is 10. The molecule has 0 rings (SSSR count). The van der Waals surface area contributed by atoms with Gasteiger partial charge in [0.25, 0.3) is 0 Å². The van der Waals surface area contributed by atoms with Crippen LogP contribution in [0.1, 0.15) is 162 Å². The van der Waals surface area contributed by atoms with Gasteiger partial charge in [-0.05, 0) is 77.0 Å². The van der Waals surface area contributed by atoms with Crippen LogP contribution in [0, 0.1) is 0 Å². The van der Waals surface area contributed by atoms with E-state index in [4.69, 9.17) is 13.8 Å². The summed E-state index contributed by atoms with van der Waals surface area (Å²) in [7, 11) is -4.43. The molecule has 0 bridgehead atoms. The van der Waals surface area contributed by atoms with Gasteiger partial charge in [-0.15, -0.1) is 0 Å². The van der Waals surface area contributed by atoms with Gasteiger partial charge in [0.1, 0.15) is 12.7 Å². The molecule has 0 aromatic rings. The van der Waals surface area contributed by atoms with E-state index in [1.54, 1.807) is 0 Å². The Kier molecular flexibility index (Phi) is 36.7. The third kappa shape index (κ3) is 38.9. The fraction of sp³-hybridized carbons (Fsp3) is 0.714. The molecule has 0 aliphatic carbocycles. The van der Waals surface area contributed by atoms with Gasteiger partial charge in [-0.25, -0.2) is 4.57 Å². The number of aliphatic hydroxyl groups is 1. The molecule has 300 valence electrons. The van der Waals surface area contributed by atoms with Crippen molar-refractivity contribution in [3.05, 3.63) is 60.8 Å². The smallest absolute Gasteiger partial charge is 0.463 e. The number of phosphoric acid groups is 1. The number of ether oxygens (including phenoxy) is 1. The molecule has 2 unspecified atom stereocenters.